The van der Waals surface area contributed by atoms with Crippen molar-refractivity contribution < 1.29 is 54.8 Å². The van der Waals surface area contributed by atoms with Gasteiger partial charge < -0.3 is 28.4 Å². The number of benzene rings is 4. The van der Waals surface area contributed by atoms with Crippen LogP contribution in [-0.4, -0.2) is 23.2 Å². The van der Waals surface area contributed by atoms with Gasteiger partial charge in [-0.05, 0) is 47.5 Å². The molecule has 6 aromatic rings. The molecule has 0 radical (unpaired) electrons. The molecule has 54 heavy (non-hydrogen) atoms. The van der Waals surface area contributed by atoms with Crippen molar-refractivity contribution in [3.05, 3.63) is 156 Å². The maximum Gasteiger partial charge on any atom is 0.417 e. The average Bonchev–Trinajstić information content (AvgIpc) is 3.18. The van der Waals surface area contributed by atoms with E-state index in [-0.39, 0.29) is 24.0 Å². The smallest absolute Gasteiger partial charge is 0.417 e. The van der Waals surface area contributed by atoms with Gasteiger partial charge in [0.25, 0.3) is 0 Å². The van der Waals surface area contributed by atoms with Crippen LogP contribution in [-0.2, 0) is 12.4 Å². The van der Waals surface area contributed by atoms with Crippen molar-refractivity contribution in [1.82, 2.24) is 9.97 Å². The summed E-state index contributed by atoms with van der Waals surface area (Å²) >= 11 is 0. The summed E-state index contributed by atoms with van der Waals surface area (Å²) in [6.07, 6.45) is -7.81. The Kier molecular flexibility index (Phi) is 10.2. The summed E-state index contributed by atoms with van der Waals surface area (Å²) in [6.45, 7) is 0.692. The molecular weight excluding hydrogens is 718 g/mol. The van der Waals surface area contributed by atoms with Gasteiger partial charge in [-0.25, -0.2) is 9.97 Å². The molecule has 4 aromatic carbocycles. The van der Waals surface area contributed by atoms with Gasteiger partial charge in [0.1, 0.15) is 24.7 Å². The molecule has 0 bridgehead atoms. The first-order valence-corrected chi connectivity index (χ1v) is 16.4. The van der Waals surface area contributed by atoms with E-state index >= 15 is 0 Å². The summed E-state index contributed by atoms with van der Waals surface area (Å²) in [4.78, 5) is 7.38. The van der Waals surface area contributed by atoms with Crippen LogP contribution < -0.4 is 28.4 Å². The van der Waals surface area contributed by atoms with Crippen LogP contribution in [0.25, 0.3) is 0 Å². The lowest BCUT2D eigenvalue weighted by Crippen LogP contribution is -2.21. The first kappa shape index (κ1) is 35.9. The van der Waals surface area contributed by atoms with Crippen LogP contribution in [0.1, 0.15) is 34.5 Å². The third kappa shape index (κ3) is 8.77. The normalized spacial score (nSPS) is 16.0. The molecule has 2 aliphatic heterocycles. The lowest BCUT2D eigenvalue weighted by molar-refractivity contribution is -0.138. The molecule has 2 aromatic heterocycles. The lowest BCUT2D eigenvalue weighted by Gasteiger charge is -2.27. The molecule has 2 atom stereocenters. The quantitative estimate of drug-likeness (QED) is 0.156. The van der Waals surface area contributed by atoms with Crippen LogP contribution in [0.4, 0.5) is 26.3 Å². The standard InChI is InChI=1S/2C20H14F3NO3/c2*21-20(22,23)14-6-9-19(24-11-14)26-15-7-8-16-17(10-15)25-12-18(27-16)13-4-2-1-3-5-13/h2*1-11,18H,12H2. The molecule has 0 amide bonds. The highest BCUT2D eigenvalue weighted by Crippen LogP contribution is 2.41. The summed E-state index contributed by atoms with van der Waals surface area (Å²) in [5, 5.41) is 0. The van der Waals surface area contributed by atoms with Gasteiger partial charge >= 0.3 is 12.4 Å². The number of fused-ring (bicyclic) bond motifs is 2. The molecule has 2 aliphatic rings. The fourth-order valence-corrected chi connectivity index (χ4v) is 5.35. The Morgan fingerprint density at radius 2 is 0.889 bits per heavy atom. The minimum absolute atomic E-state index is 0.0573. The third-order valence-corrected chi connectivity index (χ3v) is 8.06. The molecule has 4 heterocycles. The minimum atomic E-state index is -4.43. The largest absolute Gasteiger partial charge is 0.485 e. The summed E-state index contributed by atoms with van der Waals surface area (Å²) in [5.74, 6) is 3.05. The van der Waals surface area contributed by atoms with Gasteiger partial charge in [0.2, 0.25) is 11.8 Å². The van der Waals surface area contributed by atoms with Crippen LogP contribution in [0, 0.1) is 0 Å². The highest BCUT2D eigenvalue weighted by Gasteiger charge is 2.32. The Morgan fingerprint density at radius 1 is 0.481 bits per heavy atom. The molecule has 0 fully saturated rings. The first-order chi connectivity index (χ1) is 26.0. The van der Waals surface area contributed by atoms with E-state index in [0.717, 1.165) is 35.7 Å². The first-order valence-electron chi connectivity index (χ1n) is 16.4. The van der Waals surface area contributed by atoms with Gasteiger partial charge in [0, 0.05) is 36.7 Å². The van der Waals surface area contributed by atoms with Gasteiger partial charge in [-0.3, -0.25) is 0 Å². The Hall–Kier alpha value is -6.44. The van der Waals surface area contributed by atoms with E-state index in [0.29, 0.717) is 47.7 Å². The van der Waals surface area contributed by atoms with E-state index in [4.69, 9.17) is 28.4 Å². The molecule has 0 spiro atoms. The number of halogens is 6. The van der Waals surface area contributed by atoms with Crippen LogP contribution in [0.15, 0.2) is 134 Å². The summed E-state index contributed by atoms with van der Waals surface area (Å²) < 4.78 is 110. The maximum atomic E-state index is 12.6. The highest BCUT2D eigenvalue weighted by molar-refractivity contribution is 5.49. The van der Waals surface area contributed by atoms with E-state index in [1.54, 1.807) is 36.4 Å². The number of hydrogen-bond acceptors (Lipinski definition) is 8. The number of hydrogen-bond donors (Lipinski definition) is 0. The van der Waals surface area contributed by atoms with E-state index < -0.39 is 23.5 Å². The zero-order valence-corrected chi connectivity index (χ0v) is 27.9. The highest BCUT2D eigenvalue weighted by atomic mass is 19.4. The maximum absolute atomic E-state index is 12.6. The molecule has 2 unspecified atom stereocenters. The topological polar surface area (TPSA) is 81.2 Å². The second-order valence-corrected chi connectivity index (χ2v) is 11.8. The molecule has 8 rings (SSSR count). The number of nitrogens with zero attached hydrogens (tertiary/aromatic N) is 2. The van der Waals surface area contributed by atoms with Gasteiger partial charge in [-0.2, -0.15) is 26.3 Å². The van der Waals surface area contributed by atoms with Gasteiger partial charge in [0.05, 0.1) is 11.1 Å². The van der Waals surface area contributed by atoms with Crippen molar-refractivity contribution in [1.29, 1.82) is 0 Å². The molecule has 0 saturated carbocycles. The molecule has 0 saturated heterocycles. The number of ether oxygens (including phenoxy) is 6. The van der Waals surface area contributed by atoms with Crippen molar-refractivity contribution in [3.63, 3.8) is 0 Å². The fourth-order valence-electron chi connectivity index (χ4n) is 5.35. The Labute approximate surface area is 304 Å². The van der Waals surface area contributed by atoms with E-state index in [2.05, 4.69) is 9.97 Å². The second kappa shape index (κ2) is 15.3. The van der Waals surface area contributed by atoms with Crippen LogP contribution in [0.3, 0.4) is 0 Å². The molecule has 8 nitrogen and oxygen atoms in total. The predicted octanol–water partition coefficient (Wildman–Crippen LogP) is 10.8. The Bertz CT molecular complexity index is 2010. The zero-order chi connectivity index (χ0) is 37.7. The number of alkyl halides is 6. The molecule has 0 aliphatic carbocycles. The molecular formula is C40H28F6N2O6. The van der Waals surface area contributed by atoms with Crippen molar-refractivity contribution >= 4 is 0 Å². The zero-order valence-electron chi connectivity index (χ0n) is 27.9. The molecule has 0 N–H and O–H groups in total. The fraction of sp³-hybridized carbons (Fsp3) is 0.150. The van der Waals surface area contributed by atoms with E-state index in [1.807, 2.05) is 60.7 Å². The average molecular weight is 747 g/mol. The van der Waals surface area contributed by atoms with Crippen molar-refractivity contribution in [2.45, 2.75) is 24.6 Å². The van der Waals surface area contributed by atoms with E-state index in [9.17, 15) is 26.3 Å². The summed E-state index contributed by atoms with van der Waals surface area (Å²) in [5.41, 5.74) is 0.364. The second-order valence-electron chi connectivity index (χ2n) is 11.8. The lowest BCUT2D eigenvalue weighted by atomic mass is 10.1. The number of aromatic nitrogens is 2. The predicted molar refractivity (Wildman–Crippen MR) is 182 cm³/mol. The molecule has 14 heteroatoms. The Morgan fingerprint density at radius 3 is 1.24 bits per heavy atom. The van der Waals surface area contributed by atoms with Gasteiger partial charge in [0.15, 0.2) is 35.2 Å². The van der Waals surface area contributed by atoms with Crippen LogP contribution >= 0.6 is 0 Å². The van der Waals surface area contributed by atoms with Crippen LogP contribution in [0.5, 0.6) is 46.3 Å². The van der Waals surface area contributed by atoms with Crippen molar-refractivity contribution in [2.24, 2.45) is 0 Å². The monoisotopic (exact) mass is 746 g/mol. The SMILES string of the molecule is FC(F)(F)c1ccc(Oc2ccc3c(c2)OCC(c2ccccc2)O3)nc1.FC(F)(F)c1ccc(Oc2ccc3c(c2)OCC(c2ccccc2)O3)nc1. The number of rotatable bonds is 6. The molecule has 276 valence electrons. The number of pyridine rings is 2. The van der Waals surface area contributed by atoms with Gasteiger partial charge in [-0.15, -0.1) is 0 Å². The van der Waals surface area contributed by atoms with Gasteiger partial charge in [-0.1, -0.05) is 60.7 Å². The summed E-state index contributed by atoms with van der Waals surface area (Å²) in [7, 11) is 0. The minimum Gasteiger partial charge on any atom is -0.485 e. The van der Waals surface area contributed by atoms with Crippen molar-refractivity contribution in [3.8, 4) is 46.3 Å². The van der Waals surface area contributed by atoms with Crippen LogP contribution in [0.2, 0.25) is 0 Å². The van der Waals surface area contributed by atoms with Crippen molar-refractivity contribution in [2.75, 3.05) is 13.2 Å². The summed E-state index contributed by atoms with van der Waals surface area (Å²) in [6, 6.07) is 33.6. The van der Waals surface area contributed by atoms with E-state index in [1.165, 1.54) is 12.1 Å². The third-order valence-electron chi connectivity index (χ3n) is 8.06. The Balaban J connectivity index is 0.000000167.